The second kappa shape index (κ2) is 7.88. The molecule has 8 unspecified atom stereocenters. The van der Waals surface area contributed by atoms with Crippen LogP contribution in [0.2, 0.25) is 0 Å². The van der Waals surface area contributed by atoms with Crippen LogP contribution in [-0.2, 0) is 4.79 Å². The lowest BCUT2D eigenvalue weighted by Gasteiger charge is -2.49. The molecule has 0 aromatic carbocycles. The predicted octanol–water partition coefficient (Wildman–Crippen LogP) is 6.84. The molecule has 3 saturated carbocycles. The molecule has 0 N–H and O–H groups in total. The fraction of sp³-hybridized carbons (Fsp3) is 0.808. The molecule has 1 heteroatoms. The molecule has 0 heterocycles. The van der Waals surface area contributed by atoms with Crippen LogP contribution in [-0.4, -0.2) is 5.78 Å². The first-order chi connectivity index (χ1) is 13.0. The first-order valence-corrected chi connectivity index (χ1v) is 11.8. The minimum Gasteiger partial charge on any atom is -0.299 e. The van der Waals surface area contributed by atoms with Gasteiger partial charge in [-0.1, -0.05) is 51.5 Å². The van der Waals surface area contributed by atoms with E-state index in [0.29, 0.717) is 11.7 Å². The lowest BCUT2D eigenvalue weighted by atomic mass is 9.56. The van der Waals surface area contributed by atoms with Crippen LogP contribution >= 0.6 is 0 Å². The van der Waals surface area contributed by atoms with E-state index < -0.39 is 0 Å². The molecule has 0 saturated heterocycles. The van der Waals surface area contributed by atoms with Gasteiger partial charge in [-0.15, -0.1) is 0 Å². The number of rotatable bonds is 4. The molecule has 4 aliphatic rings. The summed E-state index contributed by atoms with van der Waals surface area (Å²) in [5.41, 5.74) is 1.53. The number of carbonyl (C=O) groups excluding carboxylic acids is 1. The lowest BCUT2D eigenvalue weighted by molar-refractivity contribution is -0.120. The van der Waals surface area contributed by atoms with E-state index >= 15 is 0 Å². The highest BCUT2D eigenvalue weighted by molar-refractivity contribution is 5.82. The largest absolute Gasteiger partial charge is 0.299 e. The van der Waals surface area contributed by atoms with Gasteiger partial charge in [0.05, 0.1) is 0 Å². The summed E-state index contributed by atoms with van der Waals surface area (Å²) in [5.74, 6) is 8.05. The molecule has 0 spiro atoms. The van der Waals surface area contributed by atoms with Gasteiger partial charge in [0.2, 0.25) is 0 Å². The molecule has 0 aromatic rings. The average molecular weight is 369 g/mol. The summed E-state index contributed by atoms with van der Waals surface area (Å²) >= 11 is 0. The van der Waals surface area contributed by atoms with E-state index in [1.54, 1.807) is 0 Å². The van der Waals surface area contributed by atoms with Gasteiger partial charge in [0.1, 0.15) is 5.78 Å². The second-order valence-electron chi connectivity index (χ2n) is 10.7. The molecule has 0 bridgehead atoms. The Balaban J connectivity index is 1.44. The van der Waals surface area contributed by atoms with E-state index in [1.807, 2.05) is 0 Å². The molecule has 4 aliphatic carbocycles. The zero-order valence-corrected chi connectivity index (χ0v) is 18.0. The zero-order chi connectivity index (χ0) is 19.1. The van der Waals surface area contributed by atoms with Gasteiger partial charge in [-0.25, -0.2) is 0 Å². The van der Waals surface area contributed by atoms with Gasteiger partial charge in [0.15, 0.2) is 0 Å². The Morgan fingerprint density at radius 2 is 1.63 bits per heavy atom. The summed E-state index contributed by atoms with van der Waals surface area (Å²) < 4.78 is 0. The molecule has 0 amide bonds. The van der Waals surface area contributed by atoms with Gasteiger partial charge in [0, 0.05) is 12.8 Å². The van der Waals surface area contributed by atoms with Crippen molar-refractivity contribution < 1.29 is 4.79 Å². The van der Waals surface area contributed by atoms with Gasteiger partial charge < -0.3 is 0 Å². The monoisotopic (exact) mass is 368 g/mol. The van der Waals surface area contributed by atoms with E-state index in [0.717, 1.165) is 66.6 Å². The number of fused-ring (bicyclic) bond motifs is 5. The highest BCUT2D eigenvalue weighted by atomic mass is 16.1. The van der Waals surface area contributed by atoms with Crippen molar-refractivity contribution in [1.82, 2.24) is 0 Å². The summed E-state index contributed by atoms with van der Waals surface area (Å²) in [6, 6.07) is 0. The topological polar surface area (TPSA) is 17.1 Å². The van der Waals surface area contributed by atoms with Crippen LogP contribution in [0.5, 0.6) is 0 Å². The van der Waals surface area contributed by atoms with Crippen molar-refractivity contribution in [1.29, 1.82) is 0 Å². The van der Waals surface area contributed by atoms with Gasteiger partial charge in [0.25, 0.3) is 0 Å². The number of carbonyl (C=O) groups is 1. The number of Topliss-reactive ketones (excluding diaryl/α,β-unsaturated/α-hetero) is 1. The van der Waals surface area contributed by atoms with Gasteiger partial charge in [-0.3, -0.25) is 4.79 Å². The van der Waals surface area contributed by atoms with E-state index in [9.17, 15) is 4.79 Å². The maximum atomic E-state index is 11.9. The third kappa shape index (κ3) is 3.73. The molecule has 8 atom stereocenters. The van der Waals surface area contributed by atoms with Crippen LogP contribution in [0.1, 0.15) is 79.1 Å². The zero-order valence-electron chi connectivity index (χ0n) is 18.0. The molecular formula is C26H40O. The van der Waals surface area contributed by atoms with E-state index in [2.05, 4.69) is 45.9 Å². The maximum Gasteiger partial charge on any atom is 0.136 e. The van der Waals surface area contributed by atoms with E-state index in [4.69, 9.17) is 0 Å². The van der Waals surface area contributed by atoms with Crippen molar-refractivity contribution in [2.24, 2.45) is 53.3 Å². The van der Waals surface area contributed by atoms with Crippen LogP contribution in [0, 0.1) is 53.3 Å². The highest BCUT2D eigenvalue weighted by Gasteiger charge is 2.50. The lowest BCUT2D eigenvalue weighted by Crippen LogP contribution is -2.41. The summed E-state index contributed by atoms with van der Waals surface area (Å²) in [6.45, 7) is 9.50. The summed E-state index contributed by atoms with van der Waals surface area (Å²) in [7, 11) is 0. The number of hydrogen-bond donors (Lipinski definition) is 0. The summed E-state index contributed by atoms with van der Waals surface area (Å²) in [6.07, 6.45) is 17.4. The fourth-order valence-electron chi connectivity index (χ4n) is 7.17. The SMILES string of the molecule is CC(C)C(C)C=CC(C)C1CCC2C1CCC1C3CCC(=O)CC3=CCC12. The molecule has 0 aliphatic heterocycles. The molecule has 4 rings (SSSR count). The molecule has 3 fully saturated rings. The van der Waals surface area contributed by atoms with Crippen LogP contribution in [0.25, 0.3) is 0 Å². The first kappa shape index (κ1) is 19.5. The van der Waals surface area contributed by atoms with Crippen molar-refractivity contribution in [3.63, 3.8) is 0 Å². The quantitative estimate of drug-likeness (QED) is 0.496. The molecular weight excluding hydrogens is 328 g/mol. The van der Waals surface area contributed by atoms with Crippen molar-refractivity contribution in [2.45, 2.75) is 79.1 Å². The van der Waals surface area contributed by atoms with Crippen molar-refractivity contribution in [2.75, 3.05) is 0 Å². The number of ketones is 1. The Kier molecular flexibility index (Phi) is 5.68. The van der Waals surface area contributed by atoms with Gasteiger partial charge in [-0.05, 0) is 91.8 Å². The first-order valence-electron chi connectivity index (χ1n) is 11.8. The average Bonchev–Trinajstić information content (AvgIpc) is 3.09. The third-order valence-electron chi connectivity index (χ3n) is 9.09. The smallest absolute Gasteiger partial charge is 0.136 e. The normalized spacial score (nSPS) is 41.1. The predicted molar refractivity (Wildman–Crippen MR) is 113 cm³/mol. The van der Waals surface area contributed by atoms with Crippen LogP contribution in [0.4, 0.5) is 0 Å². The Morgan fingerprint density at radius 1 is 0.889 bits per heavy atom. The number of hydrogen-bond acceptors (Lipinski definition) is 1. The van der Waals surface area contributed by atoms with Crippen molar-refractivity contribution >= 4 is 5.78 Å². The van der Waals surface area contributed by atoms with Gasteiger partial charge in [-0.2, -0.15) is 0 Å². The van der Waals surface area contributed by atoms with Crippen LogP contribution < -0.4 is 0 Å². The standard InChI is InChI=1S/C26H40O/c1-16(2)17(3)5-6-18(4)21-11-12-26-23(21)13-14-24-22-10-8-20(27)15-19(22)7-9-25(24)26/h5-7,16-18,21-26H,8-15H2,1-4H3. The molecule has 1 nitrogen and oxygen atoms in total. The molecule has 0 aromatic heterocycles. The van der Waals surface area contributed by atoms with Crippen molar-refractivity contribution in [3.8, 4) is 0 Å². The third-order valence-corrected chi connectivity index (χ3v) is 9.09. The Labute approximate surface area is 167 Å². The minimum atomic E-state index is 0.488. The van der Waals surface area contributed by atoms with Crippen molar-refractivity contribution in [3.05, 3.63) is 23.8 Å². The van der Waals surface area contributed by atoms with E-state index in [1.165, 1.54) is 37.7 Å². The Bertz CT molecular complexity index is 612. The Hall–Kier alpha value is -0.850. The second-order valence-corrected chi connectivity index (χ2v) is 10.7. The Morgan fingerprint density at radius 3 is 2.41 bits per heavy atom. The maximum absolute atomic E-state index is 11.9. The molecule has 150 valence electrons. The number of allylic oxidation sites excluding steroid dienone is 4. The van der Waals surface area contributed by atoms with Gasteiger partial charge >= 0.3 is 0 Å². The minimum absolute atomic E-state index is 0.488. The molecule has 27 heavy (non-hydrogen) atoms. The summed E-state index contributed by atoms with van der Waals surface area (Å²) in [4.78, 5) is 11.9. The summed E-state index contributed by atoms with van der Waals surface area (Å²) in [5, 5.41) is 0. The molecule has 0 radical (unpaired) electrons. The highest BCUT2D eigenvalue weighted by Crippen LogP contribution is 2.58. The van der Waals surface area contributed by atoms with Crippen LogP contribution in [0.15, 0.2) is 23.8 Å². The van der Waals surface area contributed by atoms with E-state index in [-0.39, 0.29) is 0 Å². The van der Waals surface area contributed by atoms with Crippen LogP contribution in [0.3, 0.4) is 0 Å². The fourth-order valence-corrected chi connectivity index (χ4v) is 7.17.